The van der Waals surface area contributed by atoms with Gasteiger partial charge < -0.3 is 30.7 Å². The first-order valence-corrected chi connectivity index (χ1v) is 13.1. The van der Waals surface area contributed by atoms with Crippen LogP contribution in [0.3, 0.4) is 0 Å². The first-order chi connectivity index (χ1) is 21.2. The molecule has 1 aliphatic rings. The minimum absolute atomic E-state index is 0.0676. The summed E-state index contributed by atoms with van der Waals surface area (Å²) in [6, 6.07) is -0.879. The number of hydrogen-bond acceptors (Lipinski definition) is 9. The van der Waals surface area contributed by atoms with Gasteiger partial charge in [-0.2, -0.15) is 3.89 Å². The van der Waals surface area contributed by atoms with Crippen molar-refractivity contribution >= 4 is 48.0 Å². The monoisotopic (exact) mass is 687 g/mol. The van der Waals surface area contributed by atoms with E-state index in [0.717, 1.165) is 4.90 Å². The standard InChI is InChI=1S/C21H34FN5O8S.4F2/c1-3-34-20(32)25-9-6-5-7-14(26-21(33)35-4-2)18(30)24-11-10-23-16(28)8-12-27-17(29)13-15(36-22)19(27)31;4*1-2/h14-15H,3-13H2,1-2H3,(H,23,28)(H,24,30)(H,25,32)(H,26,33);;;;. The van der Waals surface area contributed by atoms with E-state index < -0.39 is 47.1 Å². The molecule has 0 spiro atoms. The normalized spacial score (nSPS) is 13.4. The summed E-state index contributed by atoms with van der Waals surface area (Å²) in [4.78, 5) is 72.0. The predicted molar refractivity (Wildman–Crippen MR) is 136 cm³/mol. The molecule has 44 heavy (non-hydrogen) atoms. The topological polar surface area (TPSA) is 172 Å². The highest BCUT2D eigenvalue weighted by atomic mass is 32.2. The first kappa shape index (κ1) is 47.3. The Morgan fingerprint density at radius 3 is 1.91 bits per heavy atom. The smallest absolute Gasteiger partial charge is 0.407 e. The molecular weight excluding hydrogens is 653 g/mol. The summed E-state index contributed by atoms with van der Waals surface area (Å²) in [6.07, 6.45) is -0.287. The van der Waals surface area contributed by atoms with Crippen LogP contribution in [0, 0.1) is 0 Å². The number of nitrogens with zero attached hydrogens (tertiary/aromatic N) is 1. The van der Waals surface area contributed by atoms with Crippen molar-refractivity contribution in [2.24, 2.45) is 0 Å². The zero-order chi connectivity index (χ0) is 34.9. The molecule has 4 N–H and O–H groups in total. The van der Waals surface area contributed by atoms with Crippen molar-refractivity contribution in [2.75, 3.05) is 39.4 Å². The van der Waals surface area contributed by atoms with Gasteiger partial charge in [0.2, 0.25) is 23.6 Å². The van der Waals surface area contributed by atoms with E-state index in [1.165, 1.54) is 0 Å². The summed E-state index contributed by atoms with van der Waals surface area (Å²) in [6.45, 7) is 4.06. The molecule has 1 saturated heterocycles. The highest BCUT2D eigenvalue weighted by Gasteiger charge is 2.39. The molecular formula is C21H34F9N5O8S. The van der Waals surface area contributed by atoms with Crippen LogP contribution in [0.1, 0.15) is 46.0 Å². The number of ether oxygens (including phenoxy) is 2. The minimum atomic E-state index is -1.05. The Balaban J connectivity index is -0.000000919. The Morgan fingerprint density at radius 2 is 1.39 bits per heavy atom. The summed E-state index contributed by atoms with van der Waals surface area (Å²) in [7, 11) is 0. The van der Waals surface area contributed by atoms with Crippen molar-refractivity contribution in [1.29, 1.82) is 0 Å². The highest BCUT2D eigenvalue weighted by Crippen LogP contribution is 2.25. The number of halogens is 9. The van der Waals surface area contributed by atoms with E-state index in [4.69, 9.17) is 46.1 Å². The lowest BCUT2D eigenvalue weighted by molar-refractivity contribution is -0.138. The van der Waals surface area contributed by atoms with Gasteiger partial charge in [0.1, 0.15) is 11.3 Å². The first-order valence-electron chi connectivity index (χ1n) is 12.3. The Morgan fingerprint density at radius 1 is 0.841 bits per heavy atom. The molecule has 1 rings (SSSR count). The fourth-order valence-electron chi connectivity index (χ4n) is 3.20. The van der Waals surface area contributed by atoms with Gasteiger partial charge in [0, 0.05) is 69.2 Å². The number of nitrogens with one attached hydrogen (secondary N) is 4. The van der Waals surface area contributed by atoms with Gasteiger partial charge in [-0.05, 0) is 33.1 Å². The molecule has 23 heteroatoms. The Kier molecular flexibility index (Phi) is 36.4. The van der Waals surface area contributed by atoms with Crippen molar-refractivity contribution in [3.05, 3.63) is 0 Å². The van der Waals surface area contributed by atoms with Crippen molar-refractivity contribution in [2.45, 2.75) is 57.2 Å². The Labute approximate surface area is 250 Å². The van der Waals surface area contributed by atoms with Crippen LogP contribution in [0.2, 0.25) is 0 Å². The SMILES string of the molecule is CCOC(=O)NCCCCC(NC(=O)OCC)C(=O)NCCNC(=O)CCN1C(=O)CC(SF)C1=O.FF.FF.FF.FF. The number of carbonyl (C=O) groups is 6. The number of unbranched alkanes of at least 4 members (excludes halogenated alkanes) is 1. The molecule has 0 aromatic rings. The second kappa shape index (κ2) is 33.8. The van der Waals surface area contributed by atoms with Gasteiger partial charge in [0.05, 0.1) is 31.8 Å². The molecule has 0 aliphatic carbocycles. The number of hydrogen-bond donors (Lipinski definition) is 4. The van der Waals surface area contributed by atoms with Gasteiger partial charge in [0.15, 0.2) is 0 Å². The summed E-state index contributed by atoms with van der Waals surface area (Å²) < 4.78 is 86.2. The Bertz CT molecular complexity index is 813. The maximum Gasteiger partial charge on any atom is 0.407 e. The van der Waals surface area contributed by atoms with E-state index in [-0.39, 0.29) is 64.3 Å². The molecule has 1 aliphatic heterocycles. The Hall–Kier alpha value is -3.66. The van der Waals surface area contributed by atoms with Crippen LogP contribution in [0.25, 0.3) is 0 Å². The molecule has 2 unspecified atom stereocenters. The van der Waals surface area contributed by atoms with Crippen molar-refractivity contribution in [3.63, 3.8) is 0 Å². The van der Waals surface area contributed by atoms with E-state index in [1.807, 2.05) is 0 Å². The quantitative estimate of drug-likeness (QED) is 0.107. The second-order valence-corrected chi connectivity index (χ2v) is 8.36. The molecule has 0 aromatic carbocycles. The van der Waals surface area contributed by atoms with Gasteiger partial charge in [-0.25, -0.2) is 9.59 Å². The number of imide groups is 1. The van der Waals surface area contributed by atoms with E-state index >= 15 is 0 Å². The van der Waals surface area contributed by atoms with Crippen molar-refractivity contribution in [1.82, 2.24) is 26.2 Å². The fourth-order valence-corrected chi connectivity index (χ4v) is 3.61. The third kappa shape index (κ3) is 22.9. The lowest BCUT2D eigenvalue weighted by atomic mass is 10.1. The minimum Gasteiger partial charge on any atom is -0.450 e. The molecule has 260 valence electrons. The average Bonchev–Trinajstić information content (AvgIpc) is 3.33. The lowest BCUT2D eigenvalue weighted by Gasteiger charge is -2.18. The highest BCUT2D eigenvalue weighted by molar-refractivity contribution is 7.95. The van der Waals surface area contributed by atoms with Gasteiger partial charge in [-0.1, -0.05) is 0 Å². The molecule has 1 heterocycles. The van der Waals surface area contributed by atoms with E-state index in [0.29, 0.717) is 19.4 Å². The van der Waals surface area contributed by atoms with E-state index in [9.17, 15) is 32.7 Å². The van der Waals surface area contributed by atoms with Crippen LogP contribution in [-0.4, -0.2) is 91.4 Å². The zero-order valence-electron chi connectivity index (χ0n) is 23.5. The van der Waals surface area contributed by atoms with E-state index in [1.54, 1.807) is 13.8 Å². The molecule has 1 fully saturated rings. The predicted octanol–water partition coefficient (Wildman–Crippen LogP) is 3.75. The van der Waals surface area contributed by atoms with Crippen LogP contribution < -0.4 is 21.3 Å². The number of amides is 6. The second-order valence-electron chi connectivity index (χ2n) is 7.62. The third-order valence-corrected chi connectivity index (χ3v) is 5.55. The lowest BCUT2D eigenvalue weighted by Crippen LogP contribution is -2.48. The fraction of sp³-hybridized carbons (Fsp3) is 0.714. The number of rotatable bonds is 16. The van der Waals surface area contributed by atoms with E-state index in [2.05, 4.69) is 21.3 Å². The molecule has 6 amide bonds. The zero-order valence-corrected chi connectivity index (χ0v) is 24.3. The number of likely N-dealkylation sites (tertiary alicyclic amines) is 1. The molecule has 0 bridgehead atoms. The summed E-state index contributed by atoms with van der Waals surface area (Å²) >= 11 is -0.188. The van der Waals surface area contributed by atoms with Gasteiger partial charge >= 0.3 is 12.2 Å². The van der Waals surface area contributed by atoms with Gasteiger partial charge in [0.25, 0.3) is 0 Å². The summed E-state index contributed by atoms with van der Waals surface area (Å²) in [5.74, 6) is -2.09. The molecule has 13 nitrogen and oxygen atoms in total. The van der Waals surface area contributed by atoms with Crippen LogP contribution in [0.15, 0.2) is 0 Å². The maximum absolute atomic E-state index is 12.6. The molecule has 0 saturated carbocycles. The van der Waals surface area contributed by atoms with Gasteiger partial charge in [-0.15, -0.1) is 0 Å². The number of alkyl carbamates (subject to hydrolysis) is 2. The molecule has 0 aromatic heterocycles. The van der Waals surface area contributed by atoms with Crippen LogP contribution >= 0.6 is 12.1 Å². The van der Waals surface area contributed by atoms with Crippen LogP contribution in [-0.2, 0) is 28.7 Å². The van der Waals surface area contributed by atoms with Crippen LogP contribution in [0.4, 0.5) is 50.1 Å². The molecule has 2 atom stereocenters. The largest absolute Gasteiger partial charge is 0.450 e. The third-order valence-electron chi connectivity index (χ3n) is 4.97. The van der Waals surface area contributed by atoms with Gasteiger partial charge in [-0.3, -0.25) is 24.1 Å². The van der Waals surface area contributed by atoms with Crippen molar-refractivity contribution in [3.8, 4) is 0 Å². The average molecular weight is 688 g/mol. The summed E-state index contributed by atoms with van der Waals surface area (Å²) in [5.41, 5.74) is 0. The van der Waals surface area contributed by atoms with Crippen LogP contribution in [0.5, 0.6) is 0 Å². The number of carbonyl (C=O) groups excluding carboxylic acids is 6. The maximum atomic E-state index is 12.6. The molecule has 0 radical (unpaired) electrons. The summed E-state index contributed by atoms with van der Waals surface area (Å²) in [5, 5.41) is 9.16. The van der Waals surface area contributed by atoms with Crippen molar-refractivity contribution < 1.29 is 78.7 Å².